The maximum atomic E-state index is 13.7. The molecular weight excluding hydrogens is 522 g/mol. The Balaban J connectivity index is 1.46. The number of hydrogen-bond donors (Lipinski definition) is 3. The highest BCUT2D eigenvalue weighted by Gasteiger charge is 2.50. The molecule has 0 bridgehead atoms. The number of ether oxygens (including phenoxy) is 2. The van der Waals surface area contributed by atoms with Gasteiger partial charge in [0, 0.05) is 29.4 Å². The van der Waals surface area contributed by atoms with Crippen LogP contribution in [-0.4, -0.2) is 52.8 Å². The van der Waals surface area contributed by atoms with E-state index in [2.05, 4.69) is 15.6 Å². The van der Waals surface area contributed by atoms with E-state index < -0.39 is 29.7 Å². The average molecular weight is 562 g/mol. The predicted octanol–water partition coefficient (Wildman–Crippen LogP) is 4.49. The highest BCUT2D eigenvalue weighted by atomic mass is 16.6. The van der Waals surface area contributed by atoms with Crippen LogP contribution in [0.2, 0.25) is 0 Å². The molecule has 1 fully saturated rings. The molecule has 1 saturated heterocycles. The van der Waals surface area contributed by atoms with Gasteiger partial charge in [-0.15, -0.1) is 0 Å². The third kappa shape index (κ3) is 8.04. The fraction of sp³-hybridized carbons (Fsp3) is 0.438. The van der Waals surface area contributed by atoms with Crippen molar-refractivity contribution in [1.29, 1.82) is 0 Å². The van der Waals surface area contributed by atoms with Gasteiger partial charge in [0.05, 0.1) is 18.7 Å². The minimum atomic E-state index is -0.881. The maximum Gasteiger partial charge on any atom is 0.408 e. The van der Waals surface area contributed by atoms with Crippen molar-refractivity contribution in [2.45, 2.75) is 71.2 Å². The van der Waals surface area contributed by atoms with Crippen LogP contribution in [0.1, 0.15) is 51.7 Å². The van der Waals surface area contributed by atoms with Gasteiger partial charge in [-0.1, -0.05) is 62.4 Å². The number of hydrogen-bond acceptors (Lipinski definition) is 6. The zero-order valence-corrected chi connectivity index (χ0v) is 24.1. The summed E-state index contributed by atoms with van der Waals surface area (Å²) < 4.78 is 10.6. The lowest BCUT2D eigenvalue weighted by Gasteiger charge is -2.25. The van der Waals surface area contributed by atoms with Crippen molar-refractivity contribution in [2.24, 2.45) is 11.8 Å². The number of aromatic nitrogens is 1. The van der Waals surface area contributed by atoms with Crippen LogP contribution in [0.3, 0.4) is 0 Å². The van der Waals surface area contributed by atoms with Crippen LogP contribution in [0.4, 0.5) is 4.79 Å². The fourth-order valence-electron chi connectivity index (χ4n) is 4.88. The largest absolute Gasteiger partial charge is 0.445 e. The zero-order chi connectivity index (χ0) is 29.6. The zero-order valence-electron chi connectivity index (χ0n) is 24.1. The van der Waals surface area contributed by atoms with E-state index in [1.54, 1.807) is 13.8 Å². The third-order valence-corrected chi connectivity index (χ3v) is 7.43. The first-order valence-electron chi connectivity index (χ1n) is 14.1. The number of Topliss-reactive ketones (excluding diaryl/α,β-unsaturated/α-hetero) is 2. The van der Waals surface area contributed by atoms with Crippen molar-refractivity contribution < 1.29 is 28.7 Å². The standard InChI is InChI=1S/C32H39N3O6/c1-20(2)14-27(29(37)32(4)19-41-32)35-30(38)23(15-24-17-33-26-13-9-8-12-25(24)26)16-28(36)21(3)34-31(39)40-18-22-10-6-5-7-11-22/h5-13,17,20-21,23,27,33H,14-16,18-19H2,1-4H3,(H,34,39)(H,35,38)/t21-,23+,27-,32+/m0/s1. The van der Waals surface area contributed by atoms with E-state index in [4.69, 9.17) is 9.47 Å². The number of fused-ring (bicyclic) bond motifs is 1. The van der Waals surface area contributed by atoms with Gasteiger partial charge in [-0.3, -0.25) is 14.4 Å². The summed E-state index contributed by atoms with van der Waals surface area (Å²) in [5.74, 6) is -1.46. The van der Waals surface area contributed by atoms with E-state index in [1.807, 2.05) is 74.6 Å². The molecule has 4 atom stereocenters. The van der Waals surface area contributed by atoms with E-state index in [1.165, 1.54) is 0 Å². The third-order valence-electron chi connectivity index (χ3n) is 7.43. The maximum absolute atomic E-state index is 13.7. The Morgan fingerprint density at radius 1 is 1.00 bits per heavy atom. The van der Waals surface area contributed by atoms with Crippen LogP contribution in [0.5, 0.6) is 0 Å². The Bertz CT molecular complexity index is 1380. The lowest BCUT2D eigenvalue weighted by molar-refractivity contribution is -0.134. The summed E-state index contributed by atoms with van der Waals surface area (Å²) in [6.45, 7) is 7.68. The molecular formula is C32H39N3O6. The van der Waals surface area contributed by atoms with Gasteiger partial charge >= 0.3 is 6.09 Å². The summed E-state index contributed by atoms with van der Waals surface area (Å²) in [4.78, 5) is 55.7. The van der Waals surface area contributed by atoms with Crippen molar-refractivity contribution in [3.8, 4) is 0 Å². The molecule has 9 nitrogen and oxygen atoms in total. The van der Waals surface area contributed by atoms with Crippen molar-refractivity contribution in [3.63, 3.8) is 0 Å². The van der Waals surface area contributed by atoms with Gasteiger partial charge < -0.3 is 25.1 Å². The molecule has 0 spiro atoms. The molecule has 2 heterocycles. The van der Waals surface area contributed by atoms with Gasteiger partial charge in [-0.2, -0.15) is 0 Å². The molecule has 41 heavy (non-hydrogen) atoms. The van der Waals surface area contributed by atoms with E-state index in [-0.39, 0.29) is 42.8 Å². The quantitative estimate of drug-likeness (QED) is 0.249. The summed E-state index contributed by atoms with van der Waals surface area (Å²) in [5.41, 5.74) is 1.76. The van der Waals surface area contributed by atoms with E-state index in [0.717, 1.165) is 22.0 Å². The number of alkyl carbamates (subject to hydrolysis) is 1. The summed E-state index contributed by atoms with van der Waals surface area (Å²) in [7, 11) is 0. The second-order valence-corrected chi connectivity index (χ2v) is 11.4. The summed E-state index contributed by atoms with van der Waals surface area (Å²) in [6.07, 6.45) is 1.74. The monoisotopic (exact) mass is 561 g/mol. The van der Waals surface area contributed by atoms with Crippen LogP contribution < -0.4 is 10.6 Å². The molecule has 0 unspecified atom stereocenters. The number of carbonyl (C=O) groups excluding carboxylic acids is 4. The number of carbonyl (C=O) groups is 4. The van der Waals surface area contributed by atoms with Gasteiger partial charge in [0.15, 0.2) is 11.6 Å². The minimum absolute atomic E-state index is 0.0765. The number of epoxide rings is 1. The minimum Gasteiger partial charge on any atom is -0.445 e. The summed E-state index contributed by atoms with van der Waals surface area (Å²) in [6, 6.07) is 15.4. The molecule has 0 saturated carbocycles. The topological polar surface area (TPSA) is 130 Å². The Morgan fingerprint density at radius 3 is 2.37 bits per heavy atom. The van der Waals surface area contributed by atoms with Gasteiger partial charge in [-0.25, -0.2) is 4.79 Å². The highest BCUT2D eigenvalue weighted by Crippen LogP contribution is 2.30. The molecule has 0 radical (unpaired) electrons. The van der Waals surface area contributed by atoms with Crippen molar-refractivity contribution in [3.05, 3.63) is 71.9 Å². The lowest BCUT2D eigenvalue weighted by atomic mass is 9.89. The van der Waals surface area contributed by atoms with Gasteiger partial charge in [-0.05, 0) is 49.8 Å². The Morgan fingerprint density at radius 2 is 1.68 bits per heavy atom. The molecule has 9 heteroatoms. The van der Waals surface area contributed by atoms with E-state index in [0.29, 0.717) is 13.0 Å². The SMILES string of the molecule is CC(C)C[C@H](NC(=O)[C@@H](CC(=O)[C@H](C)NC(=O)OCc1ccccc1)Cc1c[nH]c2ccccc12)C(=O)[C@@]1(C)CO1. The summed E-state index contributed by atoms with van der Waals surface area (Å²) >= 11 is 0. The lowest BCUT2D eigenvalue weighted by Crippen LogP contribution is -2.49. The predicted molar refractivity (Wildman–Crippen MR) is 155 cm³/mol. The van der Waals surface area contributed by atoms with Crippen LogP contribution >= 0.6 is 0 Å². The van der Waals surface area contributed by atoms with Crippen LogP contribution in [0.25, 0.3) is 10.9 Å². The van der Waals surface area contributed by atoms with Crippen molar-refractivity contribution in [2.75, 3.05) is 6.61 Å². The highest BCUT2D eigenvalue weighted by molar-refractivity contribution is 5.98. The number of rotatable bonds is 14. The molecule has 1 aliphatic heterocycles. The average Bonchev–Trinajstić information content (AvgIpc) is 3.58. The van der Waals surface area contributed by atoms with Crippen LogP contribution in [0.15, 0.2) is 60.8 Å². The molecule has 1 aliphatic rings. The molecule has 3 aromatic rings. The fourth-order valence-corrected chi connectivity index (χ4v) is 4.88. The normalized spacial score (nSPS) is 18.4. The number of amides is 2. The van der Waals surface area contributed by atoms with Crippen LogP contribution in [-0.2, 0) is 36.9 Å². The molecule has 1 aromatic heterocycles. The number of H-pyrrole nitrogens is 1. The van der Waals surface area contributed by atoms with E-state index in [9.17, 15) is 19.2 Å². The molecule has 4 rings (SSSR count). The number of para-hydroxylation sites is 1. The Hall–Kier alpha value is -3.98. The molecule has 0 aliphatic carbocycles. The van der Waals surface area contributed by atoms with Crippen LogP contribution in [0, 0.1) is 11.8 Å². The van der Waals surface area contributed by atoms with Gasteiger partial charge in [0.2, 0.25) is 5.91 Å². The molecule has 2 amide bonds. The Kier molecular flexibility index (Phi) is 9.60. The molecule has 218 valence electrons. The smallest absolute Gasteiger partial charge is 0.408 e. The number of aromatic amines is 1. The second kappa shape index (κ2) is 13.1. The number of ketones is 2. The van der Waals surface area contributed by atoms with Crippen molar-refractivity contribution in [1.82, 2.24) is 15.6 Å². The molecule has 2 aromatic carbocycles. The van der Waals surface area contributed by atoms with Gasteiger partial charge in [0.1, 0.15) is 12.2 Å². The first-order chi connectivity index (χ1) is 19.6. The van der Waals surface area contributed by atoms with Crippen molar-refractivity contribution >= 4 is 34.5 Å². The molecule has 3 N–H and O–H groups in total. The number of benzene rings is 2. The first kappa shape index (κ1) is 30.0. The van der Waals surface area contributed by atoms with E-state index >= 15 is 0 Å². The summed E-state index contributed by atoms with van der Waals surface area (Å²) in [5, 5.41) is 6.47. The second-order valence-electron chi connectivity index (χ2n) is 11.4. The number of nitrogens with one attached hydrogen (secondary N) is 3. The Labute approximate surface area is 240 Å². The van der Waals surface area contributed by atoms with Gasteiger partial charge in [0.25, 0.3) is 0 Å². The first-order valence-corrected chi connectivity index (χ1v) is 14.1.